The van der Waals surface area contributed by atoms with Gasteiger partial charge in [-0.05, 0) is 12.1 Å². The molecule has 0 saturated carbocycles. The highest BCUT2D eigenvalue weighted by atomic mass is 24.3. The van der Waals surface area contributed by atoms with Crippen molar-refractivity contribution in [3.63, 3.8) is 0 Å². The van der Waals surface area contributed by atoms with E-state index in [1.54, 1.807) is 7.11 Å². The number of rotatable bonds is 1. The van der Waals surface area contributed by atoms with Gasteiger partial charge in [-0.15, -0.1) is 0 Å². The molecule has 1 aromatic carbocycles. The van der Waals surface area contributed by atoms with E-state index in [0.717, 1.165) is 5.75 Å². The van der Waals surface area contributed by atoms with Gasteiger partial charge in [0.05, 0.1) is 7.11 Å². The van der Waals surface area contributed by atoms with Crippen molar-refractivity contribution in [3.8, 4) is 5.75 Å². The number of para-hydroxylation sites is 1. The first-order valence-corrected chi connectivity index (χ1v) is 2.52. The Labute approximate surface area is 71.2 Å². The number of benzene rings is 1. The monoisotopic (exact) mass is 134 g/mol. The second-order valence-corrected chi connectivity index (χ2v) is 1.52. The topological polar surface area (TPSA) is 9.23 Å². The first kappa shape index (κ1) is 8.79. The Balaban J connectivity index is 0.000000640. The molecule has 0 aliphatic rings. The average molecular weight is 134 g/mol. The predicted molar refractivity (Wildman–Crippen MR) is 41.5 cm³/mol. The summed E-state index contributed by atoms with van der Waals surface area (Å²) < 4.78 is 4.91. The van der Waals surface area contributed by atoms with Crippen molar-refractivity contribution in [2.75, 3.05) is 7.11 Å². The van der Waals surface area contributed by atoms with Crippen molar-refractivity contribution in [2.45, 2.75) is 0 Å². The molecule has 0 N–H and O–H groups in total. The molecule has 2 heteroatoms. The minimum atomic E-state index is 0. The van der Waals surface area contributed by atoms with E-state index < -0.39 is 0 Å². The van der Waals surface area contributed by atoms with Gasteiger partial charge in [0, 0.05) is 0 Å². The molecule has 0 aliphatic heterocycles. The van der Waals surface area contributed by atoms with Crippen LogP contribution in [0.2, 0.25) is 0 Å². The summed E-state index contributed by atoms with van der Waals surface area (Å²) in [6.45, 7) is 0. The highest BCUT2D eigenvalue weighted by molar-refractivity contribution is 5.75. The highest BCUT2D eigenvalue weighted by Crippen LogP contribution is 2.05. The highest BCUT2D eigenvalue weighted by Gasteiger charge is 1.80. The molecule has 0 aliphatic carbocycles. The number of hydrogen-bond acceptors (Lipinski definition) is 1. The van der Waals surface area contributed by atoms with Gasteiger partial charge in [-0.1, -0.05) is 18.2 Å². The maximum atomic E-state index is 4.91. The van der Waals surface area contributed by atoms with E-state index in [9.17, 15) is 0 Å². The molecule has 1 rings (SSSR count). The minimum absolute atomic E-state index is 0. The molecule has 1 aromatic rings. The Morgan fingerprint density at radius 2 is 1.67 bits per heavy atom. The van der Waals surface area contributed by atoms with Crippen LogP contribution in [0.5, 0.6) is 5.75 Å². The largest absolute Gasteiger partial charge is 0.497 e. The normalized spacial score (nSPS) is 7.67. The summed E-state index contributed by atoms with van der Waals surface area (Å²) in [5.74, 6) is 0.910. The molecule has 0 saturated heterocycles. The maximum absolute atomic E-state index is 4.91. The standard InChI is InChI=1S/C7H8O.Mg.2H/c1-8-7-5-3-2-4-6-7;;;/h2-6H,1H3;;;. The number of methoxy groups -OCH3 is 1. The predicted octanol–water partition coefficient (Wildman–Crippen LogP) is 0.779. The van der Waals surface area contributed by atoms with E-state index in [2.05, 4.69) is 0 Å². The fraction of sp³-hybridized carbons (Fsp3) is 0.143. The Morgan fingerprint density at radius 3 is 2.00 bits per heavy atom. The molecule has 0 atom stereocenters. The summed E-state index contributed by atoms with van der Waals surface area (Å²) in [5, 5.41) is 0. The Bertz CT molecular complexity index is 150. The molecule has 9 heavy (non-hydrogen) atoms. The van der Waals surface area contributed by atoms with Crippen LogP contribution in [0.4, 0.5) is 0 Å². The van der Waals surface area contributed by atoms with Crippen LogP contribution in [0.1, 0.15) is 0 Å². The van der Waals surface area contributed by atoms with Crippen molar-refractivity contribution < 1.29 is 4.74 Å². The fourth-order valence-electron chi connectivity index (χ4n) is 0.557. The van der Waals surface area contributed by atoms with Crippen molar-refractivity contribution in [1.82, 2.24) is 0 Å². The number of ether oxygens (including phenoxy) is 1. The molecule has 0 aromatic heterocycles. The summed E-state index contributed by atoms with van der Waals surface area (Å²) in [7, 11) is 1.66. The van der Waals surface area contributed by atoms with E-state index in [4.69, 9.17) is 4.74 Å². The second-order valence-electron chi connectivity index (χ2n) is 1.52. The first-order valence-electron chi connectivity index (χ1n) is 2.52. The average Bonchev–Trinajstić information content (AvgIpc) is 1.90. The van der Waals surface area contributed by atoms with Crippen molar-refractivity contribution in [2.24, 2.45) is 0 Å². The van der Waals surface area contributed by atoms with Crippen LogP contribution in [0, 0.1) is 0 Å². The van der Waals surface area contributed by atoms with Crippen LogP contribution in [0.25, 0.3) is 0 Å². The lowest BCUT2D eigenvalue weighted by Crippen LogP contribution is -1.78. The summed E-state index contributed by atoms with van der Waals surface area (Å²) >= 11 is 0. The summed E-state index contributed by atoms with van der Waals surface area (Å²) in [5.41, 5.74) is 0. The van der Waals surface area contributed by atoms with E-state index in [0.29, 0.717) is 0 Å². The molecular weight excluding hydrogens is 124 g/mol. The van der Waals surface area contributed by atoms with E-state index >= 15 is 0 Å². The van der Waals surface area contributed by atoms with E-state index in [1.165, 1.54) is 0 Å². The van der Waals surface area contributed by atoms with Gasteiger partial charge in [-0.2, -0.15) is 0 Å². The van der Waals surface area contributed by atoms with Crippen LogP contribution >= 0.6 is 0 Å². The van der Waals surface area contributed by atoms with Gasteiger partial charge in [-0.25, -0.2) is 0 Å². The molecule has 0 fully saturated rings. The maximum Gasteiger partial charge on any atom is 0.316 e. The Hall–Kier alpha value is -0.214. The minimum Gasteiger partial charge on any atom is -0.497 e. The zero-order chi connectivity index (χ0) is 5.82. The van der Waals surface area contributed by atoms with Crippen molar-refractivity contribution in [3.05, 3.63) is 30.3 Å². The summed E-state index contributed by atoms with van der Waals surface area (Å²) in [6, 6.07) is 9.68. The lowest BCUT2D eigenvalue weighted by molar-refractivity contribution is 0.415. The molecule has 0 spiro atoms. The van der Waals surface area contributed by atoms with E-state index in [-0.39, 0.29) is 23.1 Å². The first-order chi connectivity index (χ1) is 3.93. The van der Waals surface area contributed by atoms with Crippen LogP contribution < -0.4 is 4.74 Å². The zero-order valence-corrected chi connectivity index (χ0v) is 4.79. The lowest BCUT2D eigenvalue weighted by atomic mass is 10.3. The second kappa shape index (κ2) is 4.64. The molecule has 0 heterocycles. The van der Waals surface area contributed by atoms with Crippen LogP contribution in [0.3, 0.4) is 0 Å². The summed E-state index contributed by atoms with van der Waals surface area (Å²) in [4.78, 5) is 0. The van der Waals surface area contributed by atoms with Crippen LogP contribution in [-0.4, -0.2) is 30.2 Å². The zero-order valence-electron chi connectivity index (χ0n) is 4.79. The van der Waals surface area contributed by atoms with Crippen molar-refractivity contribution >= 4 is 23.1 Å². The van der Waals surface area contributed by atoms with Gasteiger partial charge in [-0.3, -0.25) is 0 Å². The third-order valence-electron chi connectivity index (χ3n) is 0.979. The SMILES string of the molecule is COc1ccccc1.[MgH2]. The van der Waals surface area contributed by atoms with Gasteiger partial charge >= 0.3 is 23.1 Å². The van der Waals surface area contributed by atoms with Crippen molar-refractivity contribution in [1.29, 1.82) is 0 Å². The molecule has 0 bridgehead atoms. The number of hydrogen-bond donors (Lipinski definition) is 0. The van der Waals surface area contributed by atoms with Gasteiger partial charge in [0.25, 0.3) is 0 Å². The fourth-order valence-corrected chi connectivity index (χ4v) is 0.557. The third-order valence-corrected chi connectivity index (χ3v) is 0.979. The van der Waals surface area contributed by atoms with Gasteiger partial charge in [0.2, 0.25) is 0 Å². The van der Waals surface area contributed by atoms with Gasteiger partial charge in [0.1, 0.15) is 5.75 Å². The smallest absolute Gasteiger partial charge is 0.316 e. The molecule has 1 nitrogen and oxygen atoms in total. The van der Waals surface area contributed by atoms with E-state index in [1.807, 2.05) is 30.3 Å². The van der Waals surface area contributed by atoms with Gasteiger partial charge in [0.15, 0.2) is 0 Å². The molecule has 0 radical (unpaired) electrons. The molecule has 0 unspecified atom stereocenters. The molecular formula is C7H10MgO. The van der Waals surface area contributed by atoms with Crippen LogP contribution in [-0.2, 0) is 0 Å². The Morgan fingerprint density at radius 1 is 1.11 bits per heavy atom. The van der Waals surface area contributed by atoms with Gasteiger partial charge < -0.3 is 4.74 Å². The third kappa shape index (κ3) is 2.72. The Kier molecular flexibility index (Phi) is 4.53. The molecule has 0 amide bonds. The van der Waals surface area contributed by atoms with Crippen LogP contribution in [0.15, 0.2) is 30.3 Å². The quantitative estimate of drug-likeness (QED) is 0.516. The lowest BCUT2D eigenvalue weighted by Gasteiger charge is -1.93. The molecule has 46 valence electrons. The summed E-state index contributed by atoms with van der Waals surface area (Å²) in [6.07, 6.45) is 0.